The van der Waals surface area contributed by atoms with Gasteiger partial charge in [0, 0.05) is 16.9 Å². The monoisotopic (exact) mass is 334 g/mol. The molecule has 8 nitrogen and oxygen atoms in total. The summed E-state index contributed by atoms with van der Waals surface area (Å²) in [5, 5.41) is 22.1. The molecule has 0 aliphatic carbocycles. The fraction of sp³-hybridized carbons (Fsp3) is 0.692. The summed E-state index contributed by atoms with van der Waals surface area (Å²) in [6, 6.07) is -2.89. The quantitative estimate of drug-likeness (QED) is 0.456. The highest BCUT2D eigenvalue weighted by atomic mass is 32.2. The third-order valence-electron chi connectivity index (χ3n) is 2.44. The van der Waals surface area contributed by atoms with Crippen molar-refractivity contribution < 1.29 is 29.4 Å². The molecule has 0 saturated carbocycles. The Hall–Kier alpha value is -1.77. The third kappa shape index (κ3) is 10.0. The molecule has 2 atom stereocenters. The summed E-state index contributed by atoms with van der Waals surface area (Å²) in [7, 11) is 0. The van der Waals surface area contributed by atoms with E-state index in [1.807, 2.05) is 20.8 Å². The van der Waals surface area contributed by atoms with E-state index < -0.39 is 30.1 Å². The zero-order valence-electron chi connectivity index (χ0n) is 12.8. The number of carboxylic acid groups (broad SMARTS) is 2. The minimum Gasteiger partial charge on any atom is -0.481 e. The van der Waals surface area contributed by atoms with Crippen molar-refractivity contribution in [3.05, 3.63) is 0 Å². The van der Waals surface area contributed by atoms with Gasteiger partial charge in [-0.05, 0) is 6.42 Å². The van der Waals surface area contributed by atoms with Gasteiger partial charge in [-0.2, -0.15) is 11.8 Å². The SMILES string of the molecule is CC(C)(C)SC[C@H](NC(=O)N[C@H](C=O)CCC(=O)O)C(=O)O. The molecule has 4 N–H and O–H groups in total. The second-order valence-electron chi connectivity index (χ2n) is 5.61. The van der Waals surface area contributed by atoms with E-state index in [-0.39, 0.29) is 23.3 Å². The number of thioether (sulfide) groups is 1. The molecule has 2 amide bonds. The maximum Gasteiger partial charge on any atom is 0.327 e. The topological polar surface area (TPSA) is 133 Å². The van der Waals surface area contributed by atoms with Crippen LogP contribution in [0.3, 0.4) is 0 Å². The number of urea groups is 1. The Bertz CT molecular complexity index is 421. The Labute approximate surface area is 133 Å². The Kier molecular flexibility index (Phi) is 8.54. The lowest BCUT2D eigenvalue weighted by Crippen LogP contribution is -2.50. The van der Waals surface area contributed by atoms with E-state index in [1.54, 1.807) is 0 Å². The molecule has 0 fully saturated rings. The Morgan fingerprint density at radius 2 is 1.77 bits per heavy atom. The van der Waals surface area contributed by atoms with Crippen molar-refractivity contribution in [3.63, 3.8) is 0 Å². The van der Waals surface area contributed by atoms with Crippen LogP contribution in [0.2, 0.25) is 0 Å². The number of nitrogens with one attached hydrogen (secondary N) is 2. The predicted molar refractivity (Wildman–Crippen MR) is 82.0 cm³/mol. The van der Waals surface area contributed by atoms with Gasteiger partial charge in [0.15, 0.2) is 0 Å². The Morgan fingerprint density at radius 3 is 2.18 bits per heavy atom. The summed E-state index contributed by atoms with van der Waals surface area (Å²) in [5.74, 6) is -2.09. The van der Waals surface area contributed by atoms with E-state index in [9.17, 15) is 19.2 Å². The van der Waals surface area contributed by atoms with Crippen molar-refractivity contribution in [2.45, 2.75) is 50.4 Å². The van der Waals surface area contributed by atoms with Crippen molar-refractivity contribution in [2.75, 3.05) is 5.75 Å². The van der Waals surface area contributed by atoms with Crippen molar-refractivity contribution in [1.82, 2.24) is 10.6 Å². The lowest BCUT2D eigenvalue weighted by molar-refractivity contribution is -0.139. The molecule has 0 aliphatic heterocycles. The number of aldehydes is 1. The van der Waals surface area contributed by atoms with Crippen LogP contribution in [-0.4, -0.2) is 57.1 Å². The molecule has 0 radical (unpaired) electrons. The van der Waals surface area contributed by atoms with Crippen LogP contribution in [-0.2, 0) is 14.4 Å². The largest absolute Gasteiger partial charge is 0.481 e. The normalized spacial score (nSPS) is 13.8. The number of amides is 2. The summed E-state index contributed by atoms with van der Waals surface area (Å²) in [5.41, 5.74) is 0. The second kappa shape index (κ2) is 9.29. The van der Waals surface area contributed by atoms with E-state index in [0.29, 0.717) is 6.29 Å². The van der Waals surface area contributed by atoms with E-state index >= 15 is 0 Å². The van der Waals surface area contributed by atoms with Crippen LogP contribution >= 0.6 is 11.8 Å². The van der Waals surface area contributed by atoms with Gasteiger partial charge in [-0.3, -0.25) is 4.79 Å². The molecule has 0 spiro atoms. The fourth-order valence-corrected chi connectivity index (χ4v) is 2.22. The Balaban J connectivity index is 4.46. The third-order valence-corrected chi connectivity index (χ3v) is 3.80. The van der Waals surface area contributed by atoms with Gasteiger partial charge in [-0.25, -0.2) is 9.59 Å². The van der Waals surface area contributed by atoms with Crippen LogP contribution in [0, 0.1) is 0 Å². The second-order valence-corrected chi connectivity index (χ2v) is 7.45. The number of carboxylic acids is 2. The number of carbonyl (C=O) groups excluding carboxylic acids is 2. The minimum atomic E-state index is -1.18. The highest BCUT2D eigenvalue weighted by Gasteiger charge is 2.24. The molecule has 0 heterocycles. The smallest absolute Gasteiger partial charge is 0.327 e. The van der Waals surface area contributed by atoms with Gasteiger partial charge in [0.1, 0.15) is 12.3 Å². The Morgan fingerprint density at radius 1 is 1.18 bits per heavy atom. The fourth-order valence-electron chi connectivity index (χ4n) is 1.33. The lowest BCUT2D eigenvalue weighted by Gasteiger charge is -2.22. The maximum absolute atomic E-state index is 11.7. The van der Waals surface area contributed by atoms with E-state index in [1.165, 1.54) is 11.8 Å². The number of hydrogen-bond acceptors (Lipinski definition) is 5. The maximum atomic E-state index is 11.7. The number of hydrogen-bond donors (Lipinski definition) is 4. The van der Waals surface area contributed by atoms with Gasteiger partial charge >= 0.3 is 18.0 Å². The minimum absolute atomic E-state index is 0.0548. The number of carbonyl (C=O) groups is 4. The van der Waals surface area contributed by atoms with Crippen LogP contribution in [0.5, 0.6) is 0 Å². The van der Waals surface area contributed by atoms with Gasteiger partial charge < -0.3 is 25.6 Å². The summed E-state index contributed by atoms with van der Waals surface area (Å²) < 4.78 is -0.154. The lowest BCUT2D eigenvalue weighted by atomic mass is 10.2. The predicted octanol–water partition coefficient (Wildman–Crippen LogP) is 0.703. The van der Waals surface area contributed by atoms with E-state index in [2.05, 4.69) is 10.6 Å². The molecule has 126 valence electrons. The van der Waals surface area contributed by atoms with Crippen molar-refractivity contribution in [3.8, 4) is 0 Å². The van der Waals surface area contributed by atoms with Crippen LogP contribution in [0.1, 0.15) is 33.6 Å². The first-order valence-corrected chi connectivity index (χ1v) is 7.64. The molecule has 0 aromatic carbocycles. The van der Waals surface area contributed by atoms with Crippen LogP contribution in [0.15, 0.2) is 0 Å². The molecule has 0 aromatic heterocycles. The highest BCUT2D eigenvalue weighted by molar-refractivity contribution is 8.00. The molecule has 0 bridgehead atoms. The summed E-state index contributed by atoms with van der Waals surface area (Å²) in [4.78, 5) is 44.0. The molecule has 9 heteroatoms. The molecular weight excluding hydrogens is 312 g/mol. The summed E-state index contributed by atoms with van der Waals surface area (Å²) in [6.07, 6.45) is 0.0921. The van der Waals surface area contributed by atoms with Crippen molar-refractivity contribution >= 4 is 36.0 Å². The number of aliphatic carboxylic acids is 2. The van der Waals surface area contributed by atoms with Gasteiger partial charge in [0.05, 0.1) is 6.04 Å². The van der Waals surface area contributed by atoms with Gasteiger partial charge in [-0.15, -0.1) is 0 Å². The van der Waals surface area contributed by atoms with Crippen LogP contribution in [0.4, 0.5) is 4.79 Å². The van der Waals surface area contributed by atoms with E-state index in [4.69, 9.17) is 10.2 Å². The molecule has 0 unspecified atom stereocenters. The molecule has 0 aromatic rings. The zero-order valence-corrected chi connectivity index (χ0v) is 13.6. The van der Waals surface area contributed by atoms with Crippen LogP contribution in [0.25, 0.3) is 0 Å². The highest BCUT2D eigenvalue weighted by Crippen LogP contribution is 2.23. The standard InChI is InChI=1S/C13H22N2O6S/c1-13(2,3)22-7-9(11(19)20)15-12(21)14-8(6-16)4-5-10(17)18/h6,8-9H,4-5,7H2,1-3H3,(H,17,18)(H,19,20)(H2,14,15,21)/t8-,9-/m0/s1. The first kappa shape index (κ1) is 20.2. The van der Waals surface area contributed by atoms with Gasteiger partial charge in [0.25, 0.3) is 0 Å². The molecular formula is C13H22N2O6S. The van der Waals surface area contributed by atoms with Crippen molar-refractivity contribution in [1.29, 1.82) is 0 Å². The first-order valence-electron chi connectivity index (χ1n) is 6.66. The van der Waals surface area contributed by atoms with Crippen LogP contribution < -0.4 is 10.6 Å². The van der Waals surface area contributed by atoms with Gasteiger partial charge in [0.2, 0.25) is 0 Å². The zero-order chi connectivity index (χ0) is 17.3. The van der Waals surface area contributed by atoms with Gasteiger partial charge in [-0.1, -0.05) is 20.8 Å². The average Bonchev–Trinajstić information content (AvgIpc) is 2.37. The summed E-state index contributed by atoms with van der Waals surface area (Å²) >= 11 is 1.38. The van der Waals surface area contributed by atoms with Crippen molar-refractivity contribution in [2.24, 2.45) is 0 Å². The molecule has 0 aliphatic rings. The molecule has 0 saturated heterocycles. The first-order chi connectivity index (χ1) is 10.0. The molecule has 0 rings (SSSR count). The van der Waals surface area contributed by atoms with E-state index in [0.717, 1.165) is 0 Å². The summed E-state index contributed by atoms with van der Waals surface area (Å²) in [6.45, 7) is 5.76. The average molecular weight is 334 g/mol. The number of rotatable bonds is 9. The molecule has 22 heavy (non-hydrogen) atoms.